The van der Waals surface area contributed by atoms with Gasteiger partial charge in [0.15, 0.2) is 0 Å². The molecule has 1 heterocycles. The second kappa shape index (κ2) is 6.65. The number of rotatable bonds is 2. The molecule has 22 heavy (non-hydrogen) atoms. The maximum absolute atomic E-state index is 13.1. The Morgan fingerprint density at radius 3 is 2.50 bits per heavy atom. The van der Waals surface area contributed by atoms with Crippen LogP contribution in [0.25, 0.3) is 0 Å². The first-order valence-electron chi connectivity index (χ1n) is 7.75. The molecular weight excluding hydrogens is 281 g/mol. The van der Waals surface area contributed by atoms with Gasteiger partial charge in [0, 0.05) is 26.2 Å². The van der Waals surface area contributed by atoms with Gasteiger partial charge in [-0.1, -0.05) is 32.9 Å². The fourth-order valence-corrected chi connectivity index (χ4v) is 2.56. The van der Waals surface area contributed by atoms with Crippen molar-refractivity contribution in [3.05, 3.63) is 35.6 Å². The average Bonchev–Trinajstić information content (AvgIpc) is 2.45. The molecule has 2 rings (SSSR count). The van der Waals surface area contributed by atoms with Gasteiger partial charge >= 0.3 is 6.03 Å². The van der Waals surface area contributed by atoms with Gasteiger partial charge in [0.1, 0.15) is 5.82 Å². The van der Waals surface area contributed by atoms with Gasteiger partial charge < -0.3 is 10.2 Å². The fraction of sp³-hybridized carbons (Fsp3) is 0.588. The molecule has 0 aliphatic carbocycles. The fourth-order valence-electron chi connectivity index (χ4n) is 2.56. The summed E-state index contributed by atoms with van der Waals surface area (Å²) in [5.74, 6) is -0.234. The monoisotopic (exact) mass is 307 g/mol. The van der Waals surface area contributed by atoms with Gasteiger partial charge in [0.05, 0.1) is 6.04 Å². The molecule has 0 spiro atoms. The van der Waals surface area contributed by atoms with Gasteiger partial charge in [-0.05, 0) is 30.2 Å². The van der Waals surface area contributed by atoms with Gasteiger partial charge in [-0.2, -0.15) is 0 Å². The number of hydrogen-bond donors (Lipinski definition) is 1. The van der Waals surface area contributed by atoms with Crippen LogP contribution in [0.2, 0.25) is 0 Å². The van der Waals surface area contributed by atoms with Crippen molar-refractivity contribution in [1.82, 2.24) is 15.1 Å². The molecule has 1 saturated heterocycles. The lowest BCUT2D eigenvalue weighted by molar-refractivity contribution is 0.108. The van der Waals surface area contributed by atoms with Crippen molar-refractivity contribution in [2.45, 2.75) is 26.8 Å². The van der Waals surface area contributed by atoms with E-state index in [1.54, 1.807) is 12.1 Å². The molecule has 1 aliphatic heterocycles. The number of halogens is 1. The molecule has 5 heteroatoms. The highest BCUT2D eigenvalue weighted by Crippen LogP contribution is 2.24. The molecule has 4 nitrogen and oxygen atoms in total. The van der Waals surface area contributed by atoms with Crippen molar-refractivity contribution in [2.75, 3.05) is 33.2 Å². The topological polar surface area (TPSA) is 35.6 Å². The summed E-state index contributed by atoms with van der Waals surface area (Å²) in [6.45, 7) is 9.09. The zero-order valence-corrected chi connectivity index (χ0v) is 13.9. The highest BCUT2D eigenvalue weighted by atomic mass is 19.1. The Kier molecular flexibility index (Phi) is 5.06. The van der Waals surface area contributed by atoms with Gasteiger partial charge in [-0.3, -0.25) is 4.90 Å². The minimum Gasteiger partial charge on any atom is -0.337 e. The Morgan fingerprint density at radius 1 is 1.27 bits per heavy atom. The molecule has 0 saturated carbocycles. The van der Waals surface area contributed by atoms with Crippen molar-refractivity contribution in [3.63, 3.8) is 0 Å². The number of urea groups is 1. The van der Waals surface area contributed by atoms with E-state index in [9.17, 15) is 9.18 Å². The van der Waals surface area contributed by atoms with Crippen molar-refractivity contribution >= 4 is 6.03 Å². The third-order valence-corrected chi connectivity index (χ3v) is 3.96. The molecular formula is C17H26FN3O. The smallest absolute Gasteiger partial charge is 0.317 e. The van der Waals surface area contributed by atoms with Crippen LogP contribution in [0.3, 0.4) is 0 Å². The summed E-state index contributed by atoms with van der Waals surface area (Å²) in [6, 6.07) is 6.63. The molecule has 1 atom stereocenters. The zero-order valence-electron chi connectivity index (χ0n) is 13.9. The Bertz CT molecular complexity index is 510. The third-order valence-electron chi connectivity index (χ3n) is 3.96. The maximum atomic E-state index is 13.1. The molecule has 1 aliphatic rings. The largest absolute Gasteiger partial charge is 0.337 e. The van der Waals surface area contributed by atoms with Crippen LogP contribution in [0.5, 0.6) is 0 Å². The summed E-state index contributed by atoms with van der Waals surface area (Å²) >= 11 is 0. The van der Waals surface area contributed by atoms with Crippen LogP contribution < -0.4 is 5.32 Å². The van der Waals surface area contributed by atoms with Gasteiger partial charge in [0.2, 0.25) is 0 Å². The van der Waals surface area contributed by atoms with E-state index in [2.05, 4.69) is 31.0 Å². The predicted molar refractivity (Wildman–Crippen MR) is 86.2 cm³/mol. The number of likely N-dealkylation sites (N-methyl/N-ethyl adjacent to an activating group) is 1. The molecule has 122 valence electrons. The normalized spacial score (nSPS) is 20.0. The number of carbonyl (C=O) groups is 1. The zero-order chi connectivity index (χ0) is 16.3. The van der Waals surface area contributed by atoms with Crippen LogP contribution in [-0.4, -0.2) is 49.1 Å². The number of benzene rings is 1. The molecule has 1 aromatic rings. The van der Waals surface area contributed by atoms with E-state index < -0.39 is 0 Å². The molecule has 0 bridgehead atoms. The van der Waals surface area contributed by atoms with Gasteiger partial charge in [0.25, 0.3) is 0 Å². The Balaban J connectivity index is 2.01. The predicted octanol–water partition coefficient (Wildman–Crippen LogP) is 2.87. The van der Waals surface area contributed by atoms with Crippen LogP contribution in [0, 0.1) is 11.2 Å². The summed E-state index contributed by atoms with van der Waals surface area (Å²) < 4.78 is 13.1. The average molecular weight is 307 g/mol. The first-order valence-corrected chi connectivity index (χ1v) is 7.75. The summed E-state index contributed by atoms with van der Waals surface area (Å²) in [7, 11) is 2.04. The van der Waals surface area contributed by atoms with E-state index in [1.165, 1.54) is 12.1 Å². The first-order chi connectivity index (χ1) is 10.3. The van der Waals surface area contributed by atoms with Crippen LogP contribution in [0.1, 0.15) is 32.4 Å². The molecule has 1 unspecified atom stereocenters. The summed E-state index contributed by atoms with van der Waals surface area (Å²) in [5.41, 5.74) is 1.11. The number of nitrogens with zero attached hydrogens (tertiary/aromatic N) is 2. The first kappa shape index (κ1) is 16.7. The second-order valence-corrected chi connectivity index (χ2v) is 7.21. The van der Waals surface area contributed by atoms with Crippen molar-refractivity contribution in [1.29, 1.82) is 0 Å². The summed E-state index contributed by atoms with van der Waals surface area (Å²) in [6.07, 6.45) is 0. The number of piperazine rings is 1. The van der Waals surface area contributed by atoms with Crippen molar-refractivity contribution in [2.24, 2.45) is 5.41 Å². The Morgan fingerprint density at radius 2 is 1.91 bits per heavy atom. The number of carbonyl (C=O) groups excluding carboxylic acids is 1. The minimum absolute atomic E-state index is 0.0184. The van der Waals surface area contributed by atoms with E-state index in [1.807, 2.05) is 11.9 Å². The molecule has 2 amide bonds. The third kappa shape index (κ3) is 4.44. The summed E-state index contributed by atoms with van der Waals surface area (Å²) in [4.78, 5) is 16.4. The van der Waals surface area contributed by atoms with E-state index in [0.29, 0.717) is 19.6 Å². The number of hydrogen-bond acceptors (Lipinski definition) is 2. The van der Waals surface area contributed by atoms with Crippen LogP contribution in [-0.2, 0) is 0 Å². The molecule has 0 radical (unpaired) electrons. The molecule has 1 fully saturated rings. The van der Waals surface area contributed by atoms with E-state index >= 15 is 0 Å². The maximum Gasteiger partial charge on any atom is 0.317 e. The second-order valence-electron chi connectivity index (χ2n) is 7.21. The Labute approximate surface area is 132 Å². The highest BCUT2D eigenvalue weighted by molar-refractivity contribution is 5.74. The molecule has 1 aromatic carbocycles. The lowest BCUT2D eigenvalue weighted by Gasteiger charge is -2.40. The number of amides is 2. The highest BCUT2D eigenvalue weighted by Gasteiger charge is 2.28. The number of nitrogens with one attached hydrogen (secondary N) is 1. The van der Waals surface area contributed by atoms with Crippen LogP contribution in [0.15, 0.2) is 24.3 Å². The van der Waals surface area contributed by atoms with E-state index in [-0.39, 0.29) is 23.3 Å². The van der Waals surface area contributed by atoms with Crippen molar-refractivity contribution < 1.29 is 9.18 Å². The standard InChI is InChI=1S/C17H26FN3O/c1-17(2,3)12-19-16(22)21-10-9-20(4)15(11-21)13-5-7-14(18)8-6-13/h5-8,15H,9-12H2,1-4H3,(H,19,22). The SMILES string of the molecule is CN1CCN(C(=O)NCC(C)(C)C)CC1c1ccc(F)cc1. The lowest BCUT2D eigenvalue weighted by Crippen LogP contribution is -2.52. The minimum atomic E-state index is -0.234. The summed E-state index contributed by atoms with van der Waals surface area (Å²) in [5, 5.41) is 3.00. The van der Waals surface area contributed by atoms with E-state index in [0.717, 1.165) is 12.1 Å². The van der Waals surface area contributed by atoms with Crippen molar-refractivity contribution in [3.8, 4) is 0 Å². The quantitative estimate of drug-likeness (QED) is 0.912. The van der Waals surface area contributed by atoms with Crippen LogP contribution >= 0.6 is 0 Å². The van der Waals surface area contributed by atoms with Gasteiger partial charge in [-0.25, -0.2) is 9.18 Å². The van der Waals surface area contributed by atoms with E-state index in [4.69, 9.17) is 0 Å². The molecule has 1 N–H and O–H groups in total. The molecule has 0 aromatic heterocycles. The Hall–Kier alpha value is -1.62. The van der Waals surface area contributed by atoms with Crippen LogP contribution in [0.4, 0.5) is 9.18 Å². The van der Waals surface area contributed by atoms with Gasteiger partial charge in [-0.15, -0.1) is 0 Å². The lowest BCUT2D eigenvalue weighted by atomic mass is 9.97.